The standard InChI is InChI=1S/C28H32BrClN3O3/c1-18(34)31-10-6-19(7-11-31)14-26(35)32-12-8-20(9-13-32)27-25-5-4-24(30)16-21(25)2-3-22-15-23(29)17-33(36)28(22)27/h2-5,15-17,19-20,27,36H,6-14H2,1H3/q+1/t27-/m1/s1. The summed E-state index contributed by atoms with van der Waals surface area (Å²) in [7, 11) is 0. The summed E-state index contributed by atoms with van der Waals surface area (Å²) in [5, 5.41) is 11.6. The Morgan fingerprint density at radius 2 is 1.69 bits per heavy atom. The minimum absolute atomic E-state index is 0.00599. The number of hydrogen-bond acceptors (Lipinski definition) is 3. The first kappa shape index (κ1) is 25.3. The molecule has 1 N–H and O–H groups in total. The molecular formula is C28H32BrClN3O3+. The summed E-state index contributed by atoms with van der Waals surface area (Å²) < 4.78 is 2.06. The predicted octanol–water partition coefficient (Wildman–Crippen LogP) is 5.13. The highest BCUT2D eigenvalue weighted by molar-refractivity contribution is 9.10. The molecule has 0 bridgehead atoms. The Balaban J connectivity index is 1.31. The molecule has 0 saturated carbocycles. The number of amides is 2. The highest BCUT2D eigenvalue weighted by Crippen LogP contribution is 2.43. The number of pyridine rings is 1. The molecule has 1 atom stereocenters. The van der Waals surface area contributed by atoms with Crippen LogP contribution in [0.25, 0.3) is 12.2 Å². The fourth-order valence-electron chi connectivity index (χ4n) is 6.12. The van der Waals surface area contributed by atoms with Gasteiger partial charge in [0, 0.05) is 54.8 Å². The van der Waals surface area contributed by atoms with Gasteiger partial charge in [-0.05, 0) is 88.9 Å². The molecule has 2 amide bonds. The molecular weight excluding hydrogens is 542 g/mol. The quantitative estimate of drug-likeness (QED) is 0.409. The summed E-state index contributed by atoms with van der Waals surface area (Å²) in [6, 6.07) is 8.02. The Bertz CT molecular complexity index is 1200. The predicted molar refractivity (Wildman–Crippen MR) is 143 cm³/mol. The molecule has 6 nitrogen and oxygen atoms in total. The highest BCUT2D eigenvalue weighted by Gasteiger charge is 2.39. The molecule has 0 spiro atoms. The molecule has 3 aliphatic rings. The van der Waals surface area contributed by atoms with Gasteiger partial charge in [-0.1, -0.05) is 23.7 Å². The topological polar surface area (TPSA) is 64.7 Å². The second-order valence-corrected chi connectivity index (χ2v) is 11.7. The normalized spacial score (nSPS) is 20.6. The molecule has 1 aromatic carbocycles. The van der Waals surface area contributed by atoms with Crippen LogP contribution in [0.4, 0.5) is 0 Å². The van der Waals surface area contributed by atoms with E-state index in [1.54, 1.807) is 13.1 Å². The number of piperidine rings is 2. The van der Waals surface area contributed by atoms with Gasteiger partial charge in [-0.2, -0.15) is 0 Å². The van der Waals surface area contributed by atoms with Gasteiger partial charge in [0.1, 0.15) is 0 Å². The van der Waals surface area contributed by atoms with Crippen molar-refractivity contribution in [1.29, 1.82) is 0 Å². The van der Waals surface area contributed by atoms with E-state index < -0.39 is 0 Å². The summed E-state index contributed by atoms with van der Waals surface area (Å²) in [5.41, 5.74) is 4.06. The van der Waals surface area contributed by atoms with Crippen molar-refractivity contribution in [3.05, 3.63) is 62.3 Å². The third kappa shape index (κ3) is 5.18. The number of carbonyl (C=O) groups is 2. The molecule has 5 rings (SSSR count). The van der Waals surface area contributed by atoms with Crippen molar-refractivity contribution in [3.63, 3.8) is 0 Å². The maximum atomic E-state index is 13.1. The molecule has 3 heterocycles. The van der Waals surface area contributed by atoms with Crippen LogP contribution in [0.1, 0.15) is 67.3 Å². The monoisotopic (exact) mass is 572 g/mol. The lowest BCUT2D eigenvalue weighted by molar-refractivity contribution is -0.910. The van der Waals surface area contributed by atoms with Gasteiger partial charge in [0.25, 0.3) is 0 Å². The number of hydrogen-bond donors (Lipinski definition) is 1. The van der Waals surface area contributed by atoms with E-state index in [9.17, 15) is 14.8 Å². The number of benzene rings is 1. The summed E-state index contributed by atoms with van der Waals surface area (Å²) >= 11 is 9.83. The fourth-order valence-corrected chi connectivity index (χ4v) is 6.74. The van der Waals surface area contributed by atoms with Gasteiger partial charge in [-0.3, -0.25) is 14.8 Å². The second-order valence-electron chi connectivity index (χ2n) is 10.3. The SMILES string of the molecule is CC(=O)N1CCC(CC(=O)N2CCC([C@@H]3c4ccc(Cl)cc4C=Cc4cc(Br)c[n+](O)c43)CC2)CC1. The van der Waals surface area contributed by atoms with Crippen LogP contribution < -0.4 is 4.73 Å². The van der Waals surface area contributed by atoms with Gasteiger partial charge < -0.3 is 9.80 Å². The van der Waals surface area contributed by atoms with Crippen molar-refractivity contribution in [1.82, 2.24) is 9.80 Å². The van der Waals surface area contributed by atoms with E-state index in [-0.39, 0.29) is 23.7 Å². The Morgan fingerprint density at radius 3 is 2.39 bits per heavy atom. The van der Waals surface area contributed by atoms with E-state index >= 15 is 0 Å². The van der Waals surface area contributed by atoms with Crippen LogP contribution >= 0.6 is 27.5 Å². The summed E-state index contributed by atoms with van der Waals surface area (Å²) in [6.07, 6.45) is 9.92. The first-order chi connectivity index (χ1) is 17.3. The zero-order valence-electron chi connectivity index (χ0n) is 20.5. The van der Waals surface area contributed by atoms with Crippen LogP contribution in [-0.2, 0) is 9.59 Å². The average molecular weight is 574 g/mol. The van der Waals surface area contributed by atoms with E-state index in [0.717, 1.165) is 78.7 Å². The number of rotatable bonds is 3. The van der Waals surface area contributed by atoms with Gasteiger partial charge in [-0.25, -0.2) is 0 Å². The van der Waals surface area contributed by atoms with Crippen molar-refractivity contribution >= 4 is 51.5 Å². The highest BCUT2D eigenvalue weighted by atomic mass is 79.9. The molecule has 2 aromatic rings. The lowest BCUT2D eigenvalue weighted by Crippen LogP contribution is -2.44. The number of fused-ring (bicyclic) bond motifs is 2. The van der Waals surface area contributed by atoms with E-state index in [1.165, 1.54) is 4.73 Å². The van der Waals surface area contributed by atoms with Crippen LogP contribution in [-0.4, -0.2) is 53.0 Å². The molecule has 0 radical (unpaired) electrons. The second kappa shape index (κ2) is 10.5. The first-order valence-electron chi connectivity index (χ1n) is 12.8. The molecule has 36 heavy (non-hydrogen) atoms. The minimum Gasteiger partial charge on any atom is -0.343 e. The average Bonchev–Trinajstić information content (AvgIpc) is 3.01. The minimum atomic E-state index is -0.00599. The van der Waals surface area contributed by atoms with E-state index in [2.05, 4.69) is 28.1 Å². The van der Waals surface area contributed by atoms with Crippen LogP contribution in [0.2, 0.25) is 5.02 Å². The number of likely N-dealkylation sites (tertiary alicyclic amines) is 2. The zero-order valence-corrected chi connectivity index (χ0v) is 22.8. The lowest BCUT2D eigenvalue weighted by Gasteiger charge is -2.37. The molecule has 1 aliphatic carbocycles. The molecule has 2 aliphatic heterocycles. The van der Waals surface area contributed by atoms with E-state index in [4.69, 9.17) is 11.6 Å². The number of nitrogens with zero attached hydrogens (tertiary/aromatic N) is 3. The Labute approximate surface area is 225 Å². The molecule has 8 heteroatoms. The fraction of sp³-hybridized carbons (Fsp3) is 0.464. The van der Waals surface area contributed by atoms with Crippen LogP contribution in [0.3, 0.4) is 0 Å². The summed E-state index contributed by atoms with van der Waals surface area (Å²) in [6.45, 7) is 4.57. The van der Waals surface area contributed by atoms with Gasteiger partial charge in [0.05, 0.1) is 10.4 Å². The molecule has 190 valence electrons. The van der Waals surface area contributed by atoms with Crippen molar-refractivity contribution in [2.75, 3.05) is 26.2 Å². The molecule has 0 unspecified atom stereocenters. The van der Waals surface area contributed by atoms with Gasteiger partial charge in [0.15, 0.2) is 0 Å². The number of aromatic nitrogens is 1. The summed E-state index contributed by atoms with van der Waals surface area (Å²) in [5.74, 6) is 0.983. The van der Waals surface area contributed by atoms with Crippen molar-refractivity contribution in [2.45, 2.75) is 44.9 Å². The number of carbonyl (C=O) groups excluding carboxylic acids is 2. The van der Waals surface area contributed by atoms with Gasteiger partial charge >= 0.3 is 0 Å². The largest absolute Gasteiger partial charge is 0.343 e. The number of halogens is 2. The first-order valence-corrected chi connectivity index (χ1v) is 13.9. The Morgan fingerprint density at radius 1 is 1.03 bits per heavy atom. The van der Waals surface area contributed by atoms with Gasteiger partial charge in [-0.15, -0.1) is 0 Å². The smallest absolute Gasteiger partial charge is 0.249 e. The molecule has 2 fully saturated rings. The van der Waals surface area contributed by atoms with E-state index in [0.29, 0.717) is 17.4 Å². The van der Waals surface area contributed by atoms with E-state index in [1.807, 2.05) is 34.1 Å². The van der Waals surface area contributed by atoms with Crippen LogP contribution in [0, 0.1) is 11.8 Å². The third-order valence-corrected chi connectivity index (χ3v) is 8.76. The maximum absolute atomic E-state index is 13.1. The molecule has 2 saturated heterocycles. The van der Waals surface area contributed by atoms with Crippen LogP contribution in [0.15, 0.2) is 34.9 Å². The van der Waals surface area contributed by atoms with Crippen molar-refractivity contribution in [3.8, 4) is 0 Å². The third-order valence-electron chi connectivity index (χ3n) is 8.09. The lowest BCUT2D eigenvalue weighted by atomic mass is 9.76. The summed E-state index contributed by atoms with van der Waals surface area (Å²) in [4.78, 5) is 28.6. The maximum Gasteiger partial charge on any atom is 0.249 e. The molecule has 1 aromatic heterocycles. The Kier molecular flexibility index (Phi) is 7.40. The van der Waals surface area contributed by atoms with Crippen molar-refractivity contribution in [2.24, 2.45) is 11.8 Å². The van der Waals surface area contributed by atoms with Crippen LogP contribution in [0.5, 0.6) is 0 Å². The van der Waals surface area contributed by atoms with Crippen molar-refractivity contribution < 1.29 is 19.5 Å². The van der Waals surface area contributed by atoms with Gasteiger partial charge in [0.2, 0.25) is 23.7 Å². The zero-order chi connectivity index (χ0) is 25.4. The Hall–Kier alpha value is -2.38.